The predicted octanol–water partition coefficient (Wildman–Crippen LogP) is 1.98. The van der Waals surface area contributed by atoms with E-state index in [4.69, 9.17) is 4.74 Å². The molecule has 10 heteroatoms. The summed E-state index contributed by atoms with van der Waals surface area (Å²) in [6.07, 6.45) is 1.07. The number of nitrogens with one attached hydrogen (secondary N) is 2. The molecule has 0 radical (unpaired) electrons. The molecule has 29 heavy (non-hydrogen) atoms. The van der Waals surface area contributed by atoms with E-state index in [0.29, 0.717) is 24.3 Å². The summed E-state index contributed by atoms with van der Waals surface area (Å²) in [5, 5.41) is 4.63. The van der Waals surface area contributed by atoms with Crippen molar-refractivity contribution in [3.8, 4) is 11.5 Å². The third-order valence-corrected chi connectivity index (χ3v) is 6.86. The Morgan fingerprint density at radius 1 is 1.00 bits per heavy atom. The summed E-state index contributed by atoms with van der Waals surface area (Å²) in [5.74, 6) is -0.0863. The number of ether oxygens (including phenoxy) is 1. The van der Waals surface area contributed by atoms with Crippen molar-refractivity contribution >= 4 is 22.0 Å². The number of carbonyl (C=O) groups excluding carboxylic acids is 2. The second-order valence-corrected chi connectivity index (χ2v) is 8.68. The van der Waals surface area contributed by atoms with Crippen LogP contribution < -0.4 is 15.4 Å². The number of nitrogens with zero attached hydrogens (tertiary/aromatic N) is 1. The fourth-order valence-corrected chi connectivity index (χ4v) is 5.26. The van der Waals surface area contributed by atoms with Gasteiger partial charge in [0.15, 0.2) is 0 Å². The van der Waals surface area contributed by atoms with E-state index in [1.54, 1.807) is 0 Å². The average Bonchev–Trinajstić information content (AvgIpc) is 3.30. The van der Waals surface area contributed by atoms with Gasteiger partial charge in [0.05, 0.1) is 10.9 Å². The molecular formula is C19H18FN3O5S. The summed E-state index contributed by atoms with van der Waals surface area (Å²) < 4.78 is 46.0. The SMILES string of the molecule is O=C1NC(=O)[C@@H]([C@H]2CCCN2S(=O)(=O)c2ccc(Oc3ccc(F)cc3)cc2)N1. The first kappa shape index (κ1) is 19.3. The number of hydrogen-bond acceptors (Lipinski definition) is 5. The van der Waals surface area contributed by atoms with Crippen molar-refractivity contribution in [3.05, 3.63) is 54.3 Å². The fourth-order valence-electron chi connectivity index (χ4n) is 3.55. The highest BCUT2D eigenvalue weighted by molar-refractivity contribution is 7.89. The maximum atomic E-state index is 13.1. The van der Waals surface area contributed by atoms with Gasteiger partial charge in [-0.05, 0) is 61.4 Å². The largest absolute Gasteiger partial charge is 0.457 e. The van der Waals surface area contributed by atoms with Crippen molar-refractivity contribution in [1.82, 2.24) is 14.9 Å². The topological polar surface area (TPSA) is 105 Å². The Morgan fingerprint density at radius 3 is 2.21 bits per heavy atom. The Hall–Kier alpha value is -2.98. The number of sulfonamides is 1. The number of halogens is 1. The summed E-state index contributed by atoms with van der Waals surface area (Å²) in [4.78, 5) is 23.4. The van der Waals surface area contributed by atoms with Crippen molar-refractivity contribution in [2.24, 2.45) is 0 Å². The molecule has 2 fully saturated rings. The first-order chi connectivity index (χ1) is 13.8. The number of rotatable bonds is 5. The molecule has 2 aromatic carbocycles. The van der Waals surface area contributed by atoms with Crippen LogP contribution in [-0.4, -0.2) is 43.3 Å². The van der Waals surface area contributed by atoms with Gasteiger partial charge in [-0.15, -0.1) is 0 Å². The summed E-state index contributed by atoms with van der Waals surface area (Å²) in [7, 11) is -3.86. The molecule has 0 unspecified atom stereocenters. The number of imide groups is 1. The van der Waals surface area contributed by atoms with Crippen LogP contribution in [-0.2, 0) is 14.8 Å². The van der Waals surface area contributed by atoms with Gasteiger partial charge in [-0.1, -0.05) is 0 Å². The maximum absolute atomic E-state index is 13.1. The van der Waals surface area contributed by atoms with Gasteiger partial charge in [0.1, 0.15) is 23.4 Å². The third kappa shape index (κ3) is 3.81. The van der Waals surface area contributed by atoms with Gasteiger partial charge >= 0.3 is 6.03 Å². The third-order valence-electron chi connectivity index (χ3n) is 4.92. The standard InChI is InChI=1S/C19H18FN3O5S/c20-12-3-5-13(6-4-12)28-14-7-9-15(10-8-14)29(26,27)23-11-1-2-16(23)17-18(24)22-19(25)21-17/h3-10,16-17H,1-2,11H2,(H2,21,22,24,25)/t16-,17-/m1/s1. The zero-order valence-electron chi connectivity index (χ0n) is 15.2. The summed E-state index contributed by atoms with van der Waals surface area (Å²) in [5.41, 5.74) is 0. The van der Waals surface area contributed by atoms with E-state index < -0.39 is 34.0 Å². The lowest BCUT2D eigenvalue weighted by Crippen LogP contribution is -2.49. The predicted molar refractivity (Wildman–Crippen MR) is 100 cm³/mol. The Bertz CT molecular complexity index is 1040. The molecular weight excluding hydrogens is 401 g/mol. The fraction of sp³-hybridized carbons (Fsp3) is 0.263. The van der Waals surface area contributed by atoms with Crippen LogP contribution in [0.1, 0.15) is 12.8 Å². The van der Waals surface area contributed by atoms with Crippen LogP contribution in [0.4, 0.5) is 9.18 Å². The molecule has 3 amide bonds. The molecule has 0 spiro atoms. The van der Waals surface area contributed by atoms with Gasteiger partial charge in [-0.25, -0.2) is 17.6 Å². The molecule has 2 aromatic rings. The lowest BCUT2D eigenvalue weighted by atomic mass is 10.1. The number of carbonyl (C=O) groups is 2. The second kappa shape index (κ2) is 7.45. The van der Waals surface area contributed by atoms with Crippen molar-refractivity contribution in [2.75, 3.05) is 6.54 Å². The highest BCUT2D eigenvalue weighted by atomic mass is 32.2. The Kier molecular flexibility index (Phi) is 4.97. The van der Waals surface area contributed by atoms with Crippen molar-refractivity contribution in [1.29, 1.82) is 0 Å². The Labute approximate surface area is 166 Å². The van der Waals surface area contributed by atoms with Gasteiger partial charge in [0.25, 0.3) is 5.91 Å². The van der Waals surface area contributed by atoms with Crippen LogP contribution in [0.2, 0.25) is 0 Å². The second-order valence-electron chi connectivity index (χ2n) is 6.79. The molecule has 2 aliphatic heterocycles. The van der Waals surface area contributed by atoms with Gasteiger partial charge in [-0.2, -0.15) is 4.31 Å². The van der Waals surface area contributed by atoms with E-state index in [0.717, 1.165) is 0 Å². The van der Waals surface area contributed by atoms with Gasteiger partial charge in [0, 0.05) is 6.54 Å². The smallest absolute Gasteiger partial charge is 0.322 e. The minimum atomic E-state index is -3.86. The van der Waals surface area contributed by atoms with Crippen LogP contribution in [0.15, 0.2) is 53.4 Å². The normalized spacial score (nSPS) is 22.4. The van der Waals surface area contributed by atoms with Crippen LogP contribution in [0.5, 0.6) is 11.5 Å². The molecule has 0 saturated carbocycles. The zero-order valence-corrected chi connectivity index (χ0v) is 16.0. The number of benzene rings is 2. The molecule has 2 aliphatic rings. The molecule has 152 valence electrons. The summed E-state index contributed by atoms with van der Waals surface area (Å²) in [6, 6.07) is 9.14. The van der Waals surface area contributed by atoms with E-state index >= 15 is 0 Å². The Morgan fingerprint density at radius 2 is 1.62 bits per heavy atom. The molecule has 2 saturated heterocycles. The van der Waals surface area contributed by atoms with Crippen LogP contribution >= 0.6 is 0 Å². The van der Waals surface area contributed by atoms with Gasteiger partial charge in [-0.3, -0.25) is 10.1 Å². The van der Waals surface area contributed by atoms with E-state index in [1.165, 1.54) is 52.8 Å². The number of urea groups is 1. The van der Waals surface area contributed by atoms with Crippen LogP contribution in [0, 0.1) is 5.82 Å². The monoisotopic (exact) mass is 419 g/mol. The number of hydrogen-bond donors (Lipinski definition) is 2. The van der Waals surface area contributed by atoms with Gasteiger partial charge in [0.2, 0.25) is 10.0 Å². The molecule has 2 atom stereocenters. The summed E-state index contributed by atoms with van der Waals surface area (Å²) in [6.45, 7) is 0.264. The zero-order chi connectivity index (χ0) is 20.6. The number of amides is 3. The van der Waals surface area contributed by atoms with Crippen LogP contribution in [0.3, 0.4) is 0 Å². The minimum Gasteiger partial charge on any atom is -0.457 e. The molecule has 0 aliphatic carbocycles. The molecule has 0 aromatic heterocycles. The molecule has 2 heterocycles. The summed E-state index contributed by atoms with van der Waals surface area (Å²) >= 11 is 0. The first-order valence-electron chi connectivity index (χ1n) is 9.01. The quantitative estimate of drug-likeness (QED) is 0.721. The highest BCUT2D eigenvalue weighted by Crippen LogP contribution is 2.30. The van der Waals surface area contributed by atoms with E-state index in [1.807, 2.05) is 0 Å². The highest BCUT2D eigenvalue weighted by Gasteiger charge is 2.45. The lowest BCUT2D eigenvalue weighted by molar-refractivity contribution is -0.121. The van der Waals surface area contributed by atoms with Crippen molar-refractivity contribution in [2.45, 2.75) is 29.8 Å². The first-order valence-corrected chi connectivity index (χ1v) is 10.5. The molecule has 4 rings (SSSR count). The van der Waals surface area contributed by atoms with Crippen molar-refractivity contribution < 1.29 is 27.1 Å². The van der Waals surface area contributed by atoms with Crippen molar-refractivity contribution in [3.63, 3.8) is 0 Å². The average molecular weight is 419 g/mol. The van der Waals surface area contributed by atoms with Gasteiger partial charge < -0.3 is 10.1 Å². The Balaban J connectivity index is 1.53. The minimum absolute atomic E-state index is 0.0561. The van der Waals surface area contributed by atoms with E-state index in [-0.39, 0.29) is 17.3 Å². The molecule has 8 nitrogen and oxygen atoms in total. The molecule has 2 N–H and O–H groups in total. The molecule has 0 bridgehead atoms. The van der Waals surface area contributed by atoms with E-state index in [2.05, 4.69) is 10.6 Å². The lowest BCUT2D eigenvalue weighted by Gasteiger charge is -2.27. The van der Waals surface area contributed by atoms with E-state index in [9.17, 15) is 22.4 Å². The van der Waals surface area contributed by atoms with Crippen LogP contribution in [0.25, 0.3) is 0 Å². The maximum Gasteiger partial charge on any atom is 0.322 e.